The summed E-state index contributed by atoms with van der Waals surface area (Å²) in [4.78, 5) is 12.6. The molecule has 0 heterocycles. The normalized spacial score (nSPS) is 52.4. The van der Waals surface area contributed by atoms with E-state index in [0.717, 1.165) is 56.8 Å². The molecule has 142 valence electrons. The second-order valence-electron chi connectivity index (χ2n) is 10.3. The Morgan fingerprint density at radius 3 is 2.56 bits per heavy atom. The van der Waals surface area contributed by atoms with Crippen LogP contribution in [0.2, 0.25) is 0 Å². The number of hydrogen-bond acceptors (Lipinski definition) is 2. The minimum atomic E-state index is -0.391. The summed E-state index contributed by atoms with van der Waals surface area (Å²) in [5.74, 6) is 3.51. The standard InChI is InChI=1S/C23H38O2/c1-4-11-22(25)13-14-23(5-2)16(15-22)6-7-17-18-8-9-20(24)21(18,3)12-10-19(17)23/h16-19,25H,4-15H2,1-3H3/t16-,17+,18+,19+,21+,22-,23+/m1/s1. The van der Waals surface area contributed by atoms with Gasteiger partial charge < -0.3 is 5.11 Å². The van der Waals surface area contributed by atoms with E-state index in [1.54, 1.807) is 0 Å². The smallest absolute Gasteiger partial charge is 0.139 e. The van der Waals surface area contributed by atoms with Crippen LogP contribution in [0.5, 0.6) is 0 Å². The van der Waals surface area contributed by atoms with Crippen molar-refractivity contribution >= 4 is 5.78 Å². The molecule has 0 unspecified atom stereocenters. The fourth-order valence-electron chi connectivity index (χ4n) is 8.30. The van der Waals surface area contributed by atoms with Crippen molar-refractivity contribution in [1.82, 2.24) is 0 Å². The quantitative estimate of drug-likeness (QED) is 0.730. The van der Waals surface area contributed by atoms with Gasteiger partial charge in [-0.25, -0.2) is 0 Å². The molecule has 7 atom stereocenters. The van der Waals surface area contributed by atoms with E-state index in [1.165, 1.54) is 32.1 Å². The molecule has 4 aliphatic rings. The molecular weight excluding hydrogens is 308 g/mol. The third-order valence-electron chi connectivity index (χ3n) is 9.60. The molecule has 4 saturated carbocycles. The zero-order chi connectivity index (χ0) is 17.9. The lowest BCUT2D eigenvalue weighted by Gasteiger charge is -2.62. The average molecular weight is 347 g/mol. The summed E-state index contributed by atoms with van der Waals surface area (Å²) in [5.41, 5.74) is 0.0633. The summed E-state index contributed by atoms with van der Waals surface area (Å²) in [6, 6.07) is 0. The van der Waals surface area contributed by atoms with Crippen LogP contribution in [0.4, 0.5) is 0 Å². The summed E-state index contributed by atoms with van der Waals surface area (Å²) < 4.78 is 0. The van der Waals surface area contributed by atoms with E-state index in [4.69, 9.17) is 0 Å². The fraction of sp³-hybridized carbons (Fsp3) is 0.957. The summed E-state index contributed by atoms with van der Waals surface area (Å²) in [5, 5.41) is 11.1. The van der Waals surface area contributed by atoms with Crippen LogP contribution in [0.1, 0.15) is 97.8 Å². The van der Waals surface area contributed by atoms with Crippen molar-refractivity contribution in [2.45, 2.75) is 103 Å². The molecule has 4 rings (SSSR count). The summed E-state index contributed by atoms with van der Waals surface area (Å²) >= 11 is 0. The highest BCUT2D eigenvalue weighted by Crippen LogP contribution is 2.67. The molecule has 4 fully saturated rings. The molecule has 1 N–H and O–H groups in total. The van der Waals surface area contributed by atoms with Crippen molar-refractivity contribution in [2.24, 2.45) is 34.5 Å². The van der Waals surface area contributed by atoms with Gasteiger partial charge in [-0.05, 0) is 93.3 Å². The zero-order valence-electron chi connectivity index (χ0n) is 16.7. The molecule has 4 aliphatic carbocycles. The third-order valence-corrected chi connectivity index (χ3v) is 9.60. The maximum Gasteiger partial charge on any atom is 0.139 e. The van der Waals surface area contributed by atoms with E-state index >= 15 is 0 Å². The van der Waals surface area contributed by atoms with Gasteiger partial charge in [-0.2, -0.15) is 0 Å². The highest BCUT2D eigenvalue weighted by molar-refractivity contribution is 5.87. The van der Waals surface area contributed by atoms with Crippen LogP contribution in [-0.2, 0) is 4.79 Å². The maximum absolute atomic E-state index is 12.6. The molecule has 2 nitrogen and oxygen atoms in total. The van der Waals surface area contributed by atoms with Crippen LogP contribution in [0, 0.1) is 34.5 Å². The van der Waals surface area contributed by atoms with Gasteiger partial charge in [0.2, 0.25) is 0 Å². The Morgan fingerprint density at radius 2 is 1.84 bits per heavy atom. The van der Waals surface area contributed by atoms with Crippen LogP contribution < -0.4 is 0 Å². The molecular formula is C23H38O2. The highest BCUT2D eigenvalue weighted by Gasteiger charge is 2.61. The molecule has 0 spiro atoms. The number of fused-ring (bicyclic) bond motifs is 5. The lowest BCUT2D eigenvalue weighted by atomic mass is 9.43. The van der Waals surface area contributed by atoms with Crippen molar-refractivity contribution in [3.63, 3.8) is 0 Å². The van der Waals surface area contributed by atoms with Gasteiger partial charge in [0.15, 0.2) is 0 Å². The van der Waals surface area contributed by atoms with Gasteiger partial charge in [0, 0.05) is 11.8 Å². The Kier molecular flexibility index (Phi) is 4.38. The second kappa shape index (κ2) is 6.08. The monoisotopic (exact) mass is 346 g/mol. The van der Waals surface area contributed by atoms with Gasteiger partial charge in [0.1, 0.15) is 5.78 Å². The van der Waals surface area contributed by atoms with Crippen molar-refractivity contribution in [1.29, 1.82) is 0 Å². The highest BCUT2D eigenvalue weighted by atomic mass is 16.3. The van der Waals surface area contributed by atoms with Gasteiger partial charge in [-0.3, -0.25) is 4.79 Å². The first-order valence-corrected chi connectivity index (χ1v) is 11.1. The van der Waals surface area contributed by atoms with Crippen molar-refractivity contribution in [2.75, 3.05) is 0 Å². The molecule has 0 amide bonds. The predicted molar refractivity (Wildman–Crippen MR) is 101 cm³/mol. The third kappa shape index (κ3) is 2.49. The first kappa shape index (κ1) is 18.0. The minimum absolute atomic E-state index is 0.000545. The number of carbonyl (C=O) groups is 1. The second-order valence-corrected chi connectivity index (χ2v) is 10.3. The first-order valence-electron chi connectivity index (χ1n) is 11.1. The van der Waals surface area contributed by atoms with E-state index in [-0.39, 0.29) is 5.41 Å². The predicted octanol–water partition coefficient (Wildman–Crippen LogP) is 5.52. The van der Waals surface area contributed by atoms with Gasteiger partial charge >= 0.3 is 0 Å². The molecule has 0 saturated heterocycles. The Hall–Kier alpha value is -0.370. The van der Waals surface area contributed by atoms with Gasteiger partial charge in [-0.15, -0.1) is 0 Å². The molecule has 0 bridgehead atoms. The number of aliphatic hydroxyl groups is 1. The van der Waals surface area contributed by atoms with Crippen molar-refractivity contribution < 1.29 is 9.90 Å². The fourth-order valence-corrected chi connectivity index (χ4v) is 8.30. The summed E-state index contributed by atoms with van der Waals surface area (Å²) in [6.45, 7) is 6.90. The van der Waals surface area contributed by atoms with E-state index < -0.39 is 5.60 Å². The van der Waals surface area contributed by atoms with E-state index in [2.05, 4.69) is 20.8 Å². The van der Waals surface area contributed by atoms with Gasteiger partial charge in [-0.1, -0.05) is 27.2 Å². The zero-order valence-corrected chi connectivity index (χ0v) is 16.7. The number of carbonyl (C=O) groups excluding carboxylic acids is 1. The Bertz CT molecular complexity index is 542. The van der Waals surface area contributed by atoms with Crippen molar-refractivity contribution in [3.8, 4) is 0 Å². The molecule has 0 aromatic heterocycles. The lowest BCUT2D eigenvalue weighted by molar-refractivity contribution is -0.162. The molecule has 2 heteroatoms. The topological polar surface area (TPSA) is 37.3 Å². The largest absolute Gasteiger partial charge is 0.390 e. The SMILES string of the molecule is CCC[C@@]1(O)CC[C@@]2(CC)[C@H](CC[C@@H]3[C@@H]2CC[C@]2(C)C(=O)CC[C@@H]32)C1. The number of rotatable bonds is 3. The van der Waals surface area contributed by atoms with E-state index in [9.17, 15) is 9.90 Å². The first-order chi connectivity index (χ1) is 11.9. The van der Waals surface area contributed by atoms with Crippen LogP contribution in [0.3, 0.4) is 0 Å². The maximum atomic E-state index is 12.6. The van der Waals surface area contributed by atoms with Crippen LogP contribution >= 0.6 is 0 Å². The molecule has 0 aliphatic heterocycles. The Labute approximate surface area is 154 Å². The van der Waals surface area contributed by atoms with E-state index in [1.807, 2.05) is 0 Å². The number of Topliss-reactive ketones (excluding diaryl/α,β-unsaturated/α-hetero) is 1. The Morgan fingerprint density at radius 1 is 1.04 bits per heavy atom. The van der Waals surface area contributed by atoms with Gasteiger partial charge in [0.05, 0.1) is 5.60 Å². The Balaban J connectivity index is 1.61. The summed E-state index contributed by atoms with van der Waals surface area (Å²) in [6.07, 6.45) is 13.6. The average Bonchev–Trinajstić information content (AvgIpc) is 2.90. The molecule has 25 heavy (non-hydrogen) atoms. The lowest BCUT2D eigenvalue weighted by Crippen LogP contribution is -2.56. The van der Waals surface area contributed by atoms with E-state index in [0.29, 0.717) is 23.0 Å². The molecule has 0 radical (unpaired) electrons. The number of ketones is 1. The van der Waals surface area contributed by atoms with Crippen LogP contribution in [-0.4, -0.2) is 16.5 Å². The van der Waals surface area contributed by atoms with Crippen LogP contribution in [0.25, 0.3) is 0 Å². The van der Waals surface area contributed by atoms with Crippen molar-refractivity contribution in [3.05, 3.63) is 0 Å². The molecule has 0 aromatic carbocycles. The number of hydrogen-bond donors (Lipinski definition) is 1. The molecule has 0 aromatic rings. The summed E-state index contributed by atoms with van der Waals surface area (Å²) in [7, 11) is 0. The minimum Gasteiger partial charge on any atom is -0.390 e. The van der Waals surface area contributed by atoms with Crippen LogP contribution in [0.15, 0.2) is 0 Å². The van der Waals surface area contributed by atoms with Gasteiger partial charge in [0.25, 0.3) is 0 Å².